The van der Waals surface area contributed by atoms with Crippen molar-refractivity contribution in [3.8, 4) is 0 Å². The van der Waals surface area contributed by atoms with Gasteiger partial charge in [0.25, 0.3) is 0 Å². The summed E-state index contributed by atoms with van der Waals surface area (Å²) in [6.07, 6.45) is 2.87. The molecule has 1 atom stereocenters. The fraction of sp³-hybridized carbons (Fsp3) is 0.800. The first-order valence-electron chi connectivity index (χ1n) is 7.35. The molecule has 20 heavy (non-hydrogen) atoms. The molecule has 0 aromatic rings. The van der Waals surface area contributed by atoms with Gasteiger partial charge in [0.15, 0.2) is 0 Å². The number of carbonyl (C=O) groups excluding carboxylic acids is 2. The fourth-order valence-electron chi connectivity index (χ4n) is 3.36. The van der Waals surface area contributed by atoms with Crippen LogP contribution in [-0.4, -0.2) is 46.2 Å². The van der Waals surface area contributed by atoms with E-state index in [1.807, 2.05) is 13.8 Å². The summed E-state index contributed by atoms with van der Waals surface area (Å²) in [4.78, 5) is 28.5. The Hall–Kier alpha value is 0.775. The van der Waals surface area contributed by atoms with E-state index in [1.54, 1.807) is 4.90 Å². The van der Waals surface area contributed by atoms with Crippen molar-refractivity contribution in [3.05, 3.63) is 6.54 Å². The van der Waals surface area contributed by atoms with E-state index in [1.165, 1.54) is 6.54 Å². The molecule has 1 spiro atoms. The summed E-state index contributed by atoms with van der Waals surface area (Å²) in [5.41, 5.74) is -0.331. The van der Waals surface area contributed by atoms with Gasteiger partial charge in [-0.2, -0.15) is 0 Å². The third-order valence-electron chi connectivity index (χ3n) is 4.44. The topological polar surface area (TPSA) is 40.6 Å². The van der Waals surface area contributed by atoms with Crippen molar-refractivity contribution < 1.29 is 67.8 Å². The van der Waals surface area contributed by atoms with E-state index in [0.29, 0.717) is 12.6 Å². The molecular weight excluding hydrogens is 326 g/mol. The second-order valence-electron chi connectivity index (χ2n) is 6.36. The Kier molecular flexibility index (Phi) is 6.93. The van der Waals surface area contributed by atoms with Gasteiger partial charge < -0.3 is 9.69 Å². The van der Waals surface area contributed by atoms with Gasteiger partial charge in [0.2, 0.25) is 5.91 Å². The first-order chi connectivity index (χ1) is 8.88. The fourth-order valence-corrected chi connectivity index (χ4v) is 3.36. The molecule has 0 aromatic heterocycles. The number of hydrogen-bond acceptors (Lipinski definition) is 3. The summed E-state index contributed by atoms with van der Waals surface area (Å²) < 4.78 is 0. The van der Waals surface area contributed by atoms with Crippen molar-refractivity contribution in [1.82, 2.24) is 9.80 Å². The third kappa shape index (κ3) is 3.40. The number of hydrogen-bond donors (Lipinski definition) is 0. The van der Waals surface area contributed by atoms with E-state index in [-0.39, 0.29) is 81.3 Å². The van der Waals surface area contributed by atoms with Crippen molar-refractivity contribution in [2.45, 2.75) is 58.5 Å². The second-order valence-corrected chi connectivity index (χ2v) is 6.36. The van der Waals surface area contributed by atoms with E-state index in [9.17, 15) is 9.59 Å². The summed E-state index contributed by atoms with van der Waals surface area (Å²) in [5, 5.41) is 0. The molecule has 0 saturated carbocycles. The van der Waals surface area contributed by atoms with Crippen molar-refractivity contribution in [2.75, 3.05) is 13.1 Å². The summed E-state index contributed by atoms with van der Waals surface area (Å²) >= 11 is 0. The Morgan fingerprint density at radius 1 is 1.20 bits per heavy atom. The predicted octanol–water partition coefficient (Wildman–Crippen LogP) is -1.15. The minimum absolute atomic E-state index is 0. The summed E-state index contributed by atoms with van der Waals surface area (Å²) in [5.74, 6) is 0.126. The summed E-state index contributed by atoms with van der Waals surface area (Å²) in [6, 6.07) is 0.382. The number of nitrogens with zero attached hydrogens (tertiary/aromatic N) is 2. The summed E-state index contributed by atoms with van der Waals surface area (Å²) in [7, 11) is 0. The van der Waals surface area contributed by atoms with Gasteiger partial charge in [-0.05, 0) is 52.1 Å². The molecule has 2 heterocycles. The van der Waals surface area contributed by atoms with Gasteiger partial charge in [-0.3, -0.25) is 9.69 Å². The van der Waals surface area contributed by atoms with Crippen LogP contribution in [0.1, 0.15) is 47.0 Å². The van der Waals surface area contributed by atoms with E-state index >= 15 is 0 Å². The molecule has 1 unspecified atom stereocenters. The van der Waals surface area contributed by atoms with E-state index in [2.05, 4.69) is 18.7 Å². The van der Waals surface area contributed by atoms with Crippen LogP contribution in [0.5, 0.6) is 0 Å². The van der Waals surface area contributed by atoms with Crippen molar-refractivity contribution in [3.63, 3.8) is 0 Å². The maximum Gasteiger partial charge on any atom is 1.00 e. The van der Waals surface area contributed by atoms with Crippen LogP contribution in [0.15, 0.2) is 0 Å². The first-order valence-corrected chi connectivity index (χ1v) is 7.35. The Morgan fingerprint density at radius 3 is 2.40 bits per heavy atom. The van der Waals surface area contributed by atoms with Crippen LogP contribution >= 0.6 is 0 Å². The molecule has 2 aliphatic rings. The van der Waals surface area contributed by atoms with Crippen molar-refractivity contribution in [2.24, 2.45) is 5.92 Å². The van der Waals surface area contributed by atoms with Gasteiger partial charge in [0.05, 0.1) is 5.54 Å². The molecule has 5 heteroatoms. The van der Waals surface area contributed by atoms with Gasteiger partial charge in [-0.1, -0.05) is 13.8 Å². The van der Waals surface area contributed by atoms with E-state index in [4.69, 9.17) is 0 Å². The number of amides is 1. The molecule has 2 aliphatic heterocycles. The first kappa shape index (κ1) is 18.8. The average molecular weight is 351 g/mol. The number of carbonyl (C=O) groups is 2. The van der Waals surface area contributed by atoms with Crippen LogP contribution in [0.25, 0.3) is 0 Å². The normalized spacial score (nSPS) is 26.7. The van der Waals surface area contributed by atoms with Gasteiger partial charge in [0.1, 0.15) is 0 Å². The minimum Gasteiger partial charge on any atom is -0.469 e. The maximum absolute atomic E-state index is 12.7. The molecule has 0 N–H and O–H groups in total. The van der Waals surface area contributed by atoms with Crippen molar-refractivity contribution >= 4 is 11.7 Å². The zero-order chi connectivity index (χ0) is 14.2. The molecule has 108 valence electrons. The Morgan fingerprint density at radius 2 is 1.85 bits per heavy atom. The minimum atomic E-state index is -0.331. The number of Topliss-reactive ketones (excluding diaryl/α,β-unsaturated/α-hetero) is 1. The maximum atomic E-state index is 12.7. The number of rotatable bonds is 4. The standard InChI is InChI=1S/C15H25N2O2.Rb/c1-11(2)13(18)10-16-9-7-15(14(16)19)6-5-8-17(15)12(3)4;/h10-12H,5-9H2,1-4H3;/q-1;+1. The Labute approximate surface area is 171 Å². The largest absolute Gasteiger partial charge is 1.00 e. The van der Waals surface area contributed by atoms with E-state index < -0.39 is 0 Å². The van der Waals surface area contributed by atoms with Crippen molar-refractivity contribution in [1.29, 1.82) is 0 Å². The third-order valence-corrected chi connectivity index (χ3v) is 4.44. The molecule has 0 aliphatic carbocycles. The van der Waals surface area contributed by atoms with Gasteiger partial charge in [-0.15, -0.1) is 0 Å². The predicted molar refractivity (Wildman–Crippen MR) is 74.3 cm³/mol. The molecule has 1 amide bonds. The van der Waals surface area contributed by atoms with E-state index in [0.717, 1.165) is 25.8 Å². The van der Waals surface area contributed by atoms with Gasteiger partial charge in [0, 0.05) is 11.8 Å². The second kappa shape index (κ2) is 7.36. The zero-order valence-corrected chi connectivity index (χ0v) is 18.4. The Bertz CT molecular complexity index is 384. The molecule has 2 saturated heterocycles. The molecule has 2 rings (SSSR count). The quantitative estimate of drug-likeness (QED) is 0.601. The monoisotopic (exact) mass is 350 g/mol. The molecule has 2 fully saturated rings. The van der Waals surface area contributed by atoms with Crippen LogP contribution < -0.4 is 58.2 Å². The molecule has 4 nitrogen and oxygen atoms in total. The van der Waals surface area contributed by atoms with Crippen LogP contribution in [-0.2, 0) is 9.59 Å². The Balaban J connectivity index is 0.00000200. The smallest absolute Gasteiger partial charge is 0.469 e. The summed E-state index contributed by atoms with van der Waals surface area (Å²) in [6.45, 7) is 11.2. The van der Waals surface area contributed by atoms with Gasteiger partial charge in [-0.25, -0.2) is 6.54 Å². The van der Waals surface area contributed by atoms with Crippen LogP contribution in [0, 0.1) is 12.5 Å². The van der Waals surface area contributed by atoms with Crippen LogP contribution in [0.3, 0.4) is 0 Å². The van der Waals surface area contributed by atoms with Crippen LogP contribution in [0.2, 0.25) is 0 Å². The SMILES string of the molecule is CC(C)C(=O)[CH-]N1CCC2(CCCN2C(C)C)C1=O.[Rb+]. The number of likely N-dealkylation sites (tertiary alicyclic amines) is 2. The van der Waals surface area contributed by atoms with Crippen LogP contribution in [0.4, 0.5) is 0 Å². The average Bonchev–Trinajstić information content (AvgIpc) is 2.89. The van der Waals surface area contributed by atoms with Gasteiger partial charge >= 0.3 is 58.2 Å². The zero-order valence-electron chi connectivity index (χ0n) is 13.5. The molecule has 0 radical (unpaired) electrons. The number of ketones is 1. The molecule has 0 aromatic carbocycles. The molecular formula is C15H25N2O2Rb. The molecule has 0 bridgehead atoms.